The van der Waals surface area contributed by atoms with Crippen LogP contribution in [-0.2, 0) is 14.3 Å². The highest BCUT2D eigenvalue weighted by Crippen LogP contribution is 2.24. The average molecular weight is 1110 g/mol. The Labute approximate surface area is 479 Å². The number of aliphatic hydroxyl groups is 7. The first-order chi connectivity index (χ1) is 38.2. The summed E-state index contributed by atoms with van der Waals surface area (Å²) >= 11 is 0. The minimum atomic E-state index is -1.67. The Hall–Kier alpha value is -1.67. The SMILES string of the molecule is CCCCCCCCCCC/C=C\C/C=C\CCCCCCCCCCCCCCCCCCC(O)C(=O)NC(COC1OC(CO)C(O)C(O)C1O)C(O)C(O)CCC/C=C/CCCCCCCCCCCCCCCC. The second-order valence-electron chi connectivity index (χ2n) is 23.5. The Morgan fingerprint density at radius 2 is 0.795 bits per heavy atom. The standard InChI is InChI=1S/C67H127NO10/c1-3-5-7-9-11-13-15-17-19-21-23-24-25-26-27-28-29-30-31-32-33-34-35-37-39-41-43-45-47-49-51-53-55-60(71)66(76)68-58(57-77-67-65(75)64(74)63(73)61(56-69)78-67)62(72)59(70)54-52-50-48-46-44-42-40-38-36-22-20-18-16-14-12-10-8-6-4-2/h23-24,26-27,46,48,58-65,67,69-75H,3-22,25,28-45,47,49-57H2,1-2H3,(H,68,76)/b24-23-,27-26-,48-46+. The minimum Gasteiger partial charge on any atom is -0.394 e. The molecule has 1 aliphatic rings. The average Bonchev–Trinajstić information content (AvgIpc) is 3.45. The number of nitrogens with one attached hydrogen (secondary N) is 1. The molecule has 0 aromatic heterocycles. The van der Waals surface area contributed by atoms with E-state index in [1.54, 1.807) is 0 Å². The second-order valence-corrected chi connectivity index (χ2v) is 23.5. The molecule has 78 heavy (non-hydrogen) atoms. The maximum absolute atomic E-state index is 13.2. The topological polar surface area (TPSA) is 189 Å². The number of carbonyl (C=O) groups excluding carboxylic acids is 1. The summed E-state index contributed by atoms with van der Waals surface area (Å²) in [6.07, 6.45) is 59.4. The zero-order valence-electron chi connectivity index (χ0n) is 50.7. The van der Waals surface area contributed by atoms with Gasteiger partial charge >= 0.3 is 0 Å². The summed E-state index contributed by atoms with van der Waals surface area (Å²) in [4.78, 5) is 13.2. The summed E-state index contributed by atoms with van der Waals surface area (Å²) in [7, 11) is 0. The summed E-state index contributed by atoms with van der Waals surface area (Å²) in [5, 5.41) is 76.3. The Morgan fingerprint density at radius 1 is 0.449 bits per heavy atom. The van der Waals surface area contributed by atoms with Crippen LogP contribution in [0.25, 0.3) is 0 Å². The Morgan fingerprint density at radius 3 is 1.18 bits per heavy atom. The first kappa shape index (κ1) is 74.3. The lowest BCUT2D eigenvalue weighted by Crippen LogP contribution is -2.60. The molecule has 0 saturated carbocycles. The van der Waals surface area contributed by atoms with Crippen LogP contribution in [0.1, 0.15) is 316 Å². The van der Waals surface area contributed by atoms with Gasteiger partial charge in [0.05, 0.1) is 25.4 Å². The van der Waals surface area contributed by atoms with Crippen LogP contribution in [0.5, 0.6) is 0 Å². The van der Waals surface area contributed by atoms with E-state index in [9.17, 15) is 40.5 Å². The van der Waals surface area contributed by atoms with Gasteiger partial charge in [0.2, 0.25) is 5.91 Å². The molecule has 1 heterocycles. The van der Waals surface area contributed by atoms with E-state index >= 15 is 0 Å². The first-order valence-electron chi connectivity index (χ1n) is 33.4. The third-order valence-electron chi connectivity index (χ3n) is 16.2. The van der Waals surface area contributed by atoms with Gasteiger partial charge in [-0.05, 0) is 70.6 Å². The van der Waals surface area contributed by atoms with Crippen molar-refractivity contribution in [2.45, 2.75) is 371 Å². The molecule has 0 bridgehead atoms. The van der Waals surface area contributed by atoms with Gasteiger partial charge in [-0.3, -0.25) is 4.79 Å². The summed E-state index contributed by atoms with van der Waals surface area (Å²) < 4.78 is 11.2. The molecule has 9 unspecified atom stereocenters. The largest absolute Gasteiger partial charge is 0.394 e. The van der Waals surface area contributed by atoms with Crippen molar-refractivity contribution < 1.29 is 50.0 Å². The third kappa shape index (κ3) is 43.1. The Kier molecular flexibility index (Phi) is 53.2. The number of hydrogen-bond donors (Lipinski definition) is 8. The van der Waals surface area contributed by atoms with Crippen LogP contribution in [0.15, 0.2) is 36.5 Å². The molecule has 0 aromatic carbocycles. The van der Waals surface area contributed by atoms with Crippen molar-refractivity contribution in [3.8, 4) is 0 Å². The molecule has 460 valence electrons. The number of rotatable bonds is 58. The van der Waals surface area contributed by atoms with Gasteiger partial charge in [0, 0.05) is 0 Å². The van der Waals surface area contributed by atoms with E-state index in [2.05, 4.69) is 55.6 Å². The quantitative estimate of drug-likeness (QED) is 0.0215. The van der Waals surface area contributed by atoms with Crippen LogP contribution < -0.4 is 5.32 Å². The van der Waals surface area contributed by atoms with Crippen LogP contribution in [-0.4, -0.2) is 110 Å². The minimum absolute atomic E-state index is 0.255. The van der Waals surface area contributed by atoms with Crippen LogP contribution in [0.3, 0.4) is 0 Å². The van der Waals surface area contributed by atoms with Gasteiger partial charge in [-0.25, -0.2) is 0 Å². The zero-order chi connectivity index (χ0) is 56.8. The van der Waals surface area contributed by atoms with E-state index in [4.69, 9.17) is 9.47 Å². The van der Waals surface area contributed by atoms with Gasteiger partial charge in [-0.1, -0.05) is 281 Å². The summed E-state index contributed by atoms with van der Waals surface area (Å²) in [5.74, 6) is -0.702. The first-order valence-corrected chi connectivity index (χ1v) is 33.4. The van der Waals surface area contributed by atoms with Crippen molar-refractivity contribution in [3.63, 3.8) is 0 Å². The number of allylic oxidation sites excluding steroid dienone is 6. The van der Waals surface area contributed by atoms with Gasteiger partial charge in [0.15, 0.2) is 6.29 Å². The molecule has 0 spiro atoms. The highest BCUT2D eigenvalue weighted by atomic mass is 16.7. The second kappa shape index (κ2) is 55.8. The Bertz CT molecular complexity index is 1360. The molecule has 1 rings (SSSR count). The van der Waals surface area contributed by atoms with E-state index in [0.29, 0.717) is 12.8 Å². The fraction of sp³-hybridized carbons (Fsp3) is 0.896. The molecule has 1 amide bonds. The summed E-state index contributed by atoms with van der Waals surface area (Å²) in [5.41, 5.74) is 0. The van der Waals surface area contributed by atoms with Crippen LogP contribution >= 0.6 is 0 Å². The lowest BCUT2D eigenvalue weighted by molar-refractivity contribution is -0.303. The highest BCUT2D eigenvalue weighted by molar-refractivity contribution is 5.80. The van der Waals surface area contributed by atoms with Crippen molar-refractivity contribution in [1.82, 2.24) is 5.32 Å². The number of carbonyl (C=O) groups is 1. The molecule has 1 fully saturated rings. The molecule has 11 heteroatoms. The van der Waals surface area contributed by atoms with E-state index in [1.165, 1.54) is 231 Å². The van der Waals surface area contributed by atoms with Crippen molar-refractivity contribution >= 4 is 5.91 Å². The molecular formula is C67H127NO10. The van der Waals surface area contributed by atoms with Crippen LogP contribution in [0.4, 0.5) is 0 Å². The van der Waals surface area contributed by atoms with Crippen molar-refractivity contribution in [2.75, 3.05) is 13.2 Å². The van der Waals surface area contributed by atoms with Crippen molar-refractivity contribution in [2.24, 2.45) is 0 Å². The molecular weight excluding hydrogens is 979 g/mol. The van der Waals surface area contributed by atoms with E-state index in [1.807, 2.05) is 0 Å². The maximum Gasteiger partial charge on any atom is 0.249 e. The number of unbranched alkanes of at least 4 members (excludes halogenated alkanes) is 40. The van der Waals surface area contributed by atoms with Crippen molar-refractivity contribution in [3.05, 3.63) is 36.5 Å². The summed E-state index contributed by atoms with van der Waals surface area (Å²) in [6, 6.07) is -1.19. The fourth-order valence-electron chi connectivity index (χ4n) is 10.8. The van der Waals surface area contributed by atoms with Gasteiger partial charge in [-0.15, -0.1) is 0 Å². The number of ether oxygens (including phenoxy) is 2. The Balaban J connectivity index is 2.21. The number of amides is 1. The van der Waals surface area contributed by atoms with Gasteiger partial charge in [0.1, 0.15) is 36.6 Å². The van der Waals surface area contributed by atoms with Gasteiger partial charge in [-0.2, -0.15) is 0 Å². The third-order valence-corrected chi connectivity index (χ3v) is 16.2. The normalized spacial score (nSPS) is 19.6. The smallest absolute Gasteiger partial charge is 0.249 e. The van der Waals surface area contributed by atoms with Crippen LogP contribution in [0, 0.1) is 0 Å². The molecule has 8 N–H and O–H groups in total. The molecule has 0 aliphatic carbocycles. The van der Waals surface area contributed by atoms with E-state index < -0.39 is 74.2 Å². The predicted octanol–water partition coefficient (Wildman–Crippen LogP) is 15.4. The molecule has 1 saturated heterocycles. The lowest BCUT2D eigenvalue weighted by atomic mass is 9.98. The fourth-order valence-corrected chi connectivity index (χ4v) is 10.8. The highest BCUT2D eigenvalue weighted by Gasteiger charge is 2.44. The van der Waals surface area contributed by atoms with E-state index in [0.717, 1.165) is 44.9 Å². The van der Waals surface area contributed by atoms with Crippen molar-refractivity contribution in [1.29, 1.82) is 0 Å². The van der Waals surface area contributed by atoms with Crippen LogP contribution in [0.2, 0.25) is 0 Å². The molecule has 0 radical (unpaired) electrons. The molecule has 11 nitrogen and oxygen atoms in total. The van der Waals surface area contributed by atoms with Gasteiger partial charge in [0.25, 0.3) is 0 Å². The van der Waals surface area contributed by atoms with Gasteiger partial charge < -0.3 is 50.5 Å². The summed E-state index contributed by atoms with van der Waals surface area (Å²) in [6.45, 7) is 3.48. The molecule has 1 aliphatic heterocycles. The lowest BCUT2D eigenvalue weighted by Gasteiger charge is -2.40. The zero-order valence-corrected chi connectivity index (χ0v) is 50.7. The monoisotopic (exact) mass is 1110 g/mol. The number of hydrogen-bond acceptors (Lipinski definition) is 10. The molecule has 9 atom stereocenters. The number of aliphatic hydroxyl groups excluding tert-OH is 7. The predicted molar refractivity (Wildman–Crippen MR) is 325 cm³/mol. The van der Waals surface area contributed by atoms with E-state index in [-0.39, 0.29) is 12.8 Å². The molecule has 0 aromatic rings. The maximum atomic E-state index is 13.2.